The average Bonchev–Trinajstić information content (AvgIpc) is 2.64. The Morgan fingerprint density at radius 1 is 1.12 bits per heavy atom. The van der Waals surface area contributed by atoms with Crippen molar-refractivity contribution in [3.05, 3.63) is 0 Å². The molecule has 2 aliphatic rings. The van der Waals surface area contributed by atoms with Crippen LogP contribution in [0.25, 0.3) is 0 Å². The van der Waals surface area contributed by atoms with Gasteiger partial charge in [-0.25, -0.2) is 0 Å². The van der Waals surface area contributed by atoms with Crippen LogP contribution < -0.4 is 10.6 Å². The van der Waals surface area contributed by atoms with Gasteiger partial charge in [0.1, 0.15) is 0 Å². The largest absolute Gasteiger partial charge is 0.312 e. The van der Waals surface area contributed by atoms with Gasteiger partial charge in [-0.1, -0.05) is 39.0 Å². The van der Waals surface area contributed by atoms with Crippen molar-refractivity contribution >= 4 is 0 Å². The molecule has 0 aromatic heterocycles. The molecule has 0 spiro atoms. The monoisotopic (exact) mass is 238 g/mol. The zero-order valence-corrected chi connectivity index (χ0v) is 11.6. The summed E-state index contributed by atoms with van der Waals surface area (Å²) in [6.45, 7) is 4.74. The van der Waals surface area contributed by atoms with Crippen molar-refractivity contribution in [2.45, 2.75) is 82.7 Å². The van der Waals surface area contributed by atoms with E-state index in [1.54, 1.807) is 0 Å². The fourth-order valence-corrected chi connectivity index (χ4v) is 3.62. The first-order valence-electron chi connectivity index (χ1n) is 7.83. The lowest BCUT2D eigenvalue weighted by Gasteiger charge is -2.32. The van der Waals surface area contributed by atoms with Crippen LogP contribution in [0.1, 0.15) is 71.1 Å². The zero-order valence-electron chi connectivity index (χ0n) is 11.6. The van der Waals surface area contributed by atoms with Crippen molar-refractivity contribution in [3.63, 3.8) is 0 Å². The minimum absolute atomic E-state index is 0.432. The molecule has 2 rings (SSSR count). The van der Waals surface area contributed by atoms with E-state index < -0.39 is 0 Å². The summed E-state index contributed by atoms with van der Waals surface area (Å²) < 4.78 is 0. The van der Waals surface area contributed by atoms with Gasteiger partial charge in [0.05, 0.1) is 0 Å². The third-order valence-electron chi connectivity index (χ3n) is 4.64. The second kappa shape index (κ2) is 6.75. The Balaban J connectivity index is 1.77. The van der Waals surface area contributed by atoms with E-state index in [1.807, 2.05) is 0 Å². The topological polar surface area (TPSA) is 24.1 Å². The minimum atomic E-state index is 0.432. The summed E-state index contributed by atoms with van der Waals surface area (Å²) in [6.07, 6.45) is 14.0. The first-order valence-corrected chi connectivity index (χ1v) is 7.83. The Hall–Kier alpha value is -0.0800. The summed E-state index contributed by atoms with van der Waals surface area (Å²) in [6, 6.07) is 0.800. The van der Waals surface area contributed by atoms with Crippen molar-refractivity contribution in [3.8, 4) is 0 Å². The Morgan fingerprint density at radius 2 is 1.88 bits per heavy atom. The molecule has 0 amide bonds. The highest BCUT2D eigenvalue weighted by atomic mass is 15.1. The van der Waals surface area contributed by atoms with Crippen LogP contribution in [-0.4, -0.2) is 24.7 Å². The van der Waals surface area contributed by atoms with Crippen molar-refractivity contribution in [1.82, 2.24) is 10.6 Å². The molecule has 0 radical (unpaired) electrons. The first-order chi connectivity index (χ1) is 8.35. The number of hydrogen-bond donors (Lipinski definition) is 2. The van der Waals surface area contributed by atoms with Gasteiger partial charge in [0.25, 0.3) is 0 Å². The van der Waals surface area contributed by atoms with Gasteiger partial charge in [-0.2, -0.15) is 0 Å². The van der Waals surface area contributed by atoms with Crippen molar-refractivity contribution < 1.29 is 0 Å². The van der Waals surface area contributed by atoms with Gasteiger partial charge in [0, 0.05) is 18.1 Å². The Morgan fingerprint density at radius 3 is 2.47 bits per heavy atom. The molecule has 2 N–H and O–H groups in total. The van der Waals surface area contributed by atoms with Gasteiger partial charge in [0.15, 0.2) is 0 Å². The van der Waals surface area contributed by atoms with Gasteiger partial charge in [-0.3, -0.25) is 0 Å². The second-order valence-electron chi connectivity index (χ2n) is 6.13. The summed E-state index contributed by atoms with van der Waals surface area (Å²) in [5.41, 5.74) is 0.432. The zero-order chi connectivity index (χ0) is 12.0. The lowest BCUT2D eigenvalue weighted by molar-refractivity contribution is 0.300. The molecule has 1 saturated carbocycles. The molecule has 1 saturated heterocycles. The molecular weight excluding hydrogens is 208 g/mol. The Bertz CT molecular complexity index is 201. The van der Waals surface area contributed by atoms with Crippen molar-refractivity contribution in [2.24, 2.45) is 0 Å². The van der Waals surface area contributed by atoms with Crippen LogP contribution in [0.5, 0.6) is 0 Å². The van der Waals surface area contributed by atoms with Crippen molar-refractivity contribution in [1.29, 1.82) is 0 Å². The fraction of sp³-hybridized carbons (Fsp3) is 1.00. The molecule has 1 aliphatic heterocycles. The molecular formula is C15H30N2. The van der Waals surface area contributed by atoms with Crippen LogP contribution in [0, 0.1) is 0 Å². The van der Waals surface area contributed by atoms with Crippen LogP contribution in [0.2, 0.25) is 0 Å². The van der Waals surface area contributed by atoms with Crippen LogP contribution in [-0.2, 0) is 0 Å². The normalized spacial score (nSPS) is 31.6. The number of nitrogens with one attached hydrogen (secondary N) is 2. The van der Waals surface area contributed by atoms with E-state index in [1.165, 1.54) is 77.3 Å². The maximum absolute atomic E-state index is 3.87. The van der Waals surface area contributed by atoms with E-state index in [4.69, 9.17) is 0 Å². The fourth-order valence-electron chi connectivity index (χ4n) is 3.62. The SMILES string of the molecule is CCCC1(CNC2CCCCCC2)CCCN1. The molecule has 17 heavy (non-hydrogen) atoms. The van der Waals surface area contributed by atoms with Gasteiger partial charge in [-0.15, -0.1) is 0 Å². The lowest BCUT2D eigenvalue weighted by Crippen LogP contribution is -2.50. The van der Waals surface area contributed by atoms with Crippen LogP contribution in [0.4, 0.5) is 0 Å². The van der Waals surface area contributed by atoms with E-state index in [0.717, 1.165) is 6.04 Å². The summed E-state index contributed by atoms with van der Waals surface area (Å²) in [4.78, 5) is 0. The summed E-state index contributed by atoms with van der Waals surface area (Å²) in [7, 11) is 0. The lowest BCUT2D eigenvalue weighted by atomic mass is 9.91. The maximum Gasteiger partial charge on any atom is 0.0306 e. The van der Waals surface area contributed by atoms with Gasteiger partial charge >= 0.3 is 0 Å². The van der Waals surface area contributed by atoms with Crippen LogP contribution in [0.15, 0.2) is 0 Å². The molecule has 1 unspecified atom stereocenters. The summed E-state index contributed by atoms with van der Waals surface area (Å²) in [5.74, 6) is 0. The molecule has 100 valence electrons. The van der Waals surface area contributed by atoms with E-state index in [9.17, 15) is 0 Å². The van der Waals surface area contributed by atoms with Crippen LogP contribution in [0.3, 0.4) is 0 Å². The Kier molecular flexibility index (Phi) is 5.30. The predicted molar refractivity (Wildman–Crippen MR) is 74.4 cm³/mol. The quantitative estimate of drug-likeness (QED) is 0.719. The molecule has 0 bridgehead atoms. The Labute approximate surface area is 107 Å². The maximum atomic E-state index is 3.87. The standard InChI is InChI=1S/C15H30N2/c1-2-10-15(11-7-12-17-15)13-16-14-8-5-3-4-6-9-14/h14,16-17H,2-13H2,1H3. The van der Waals surface area contributed by atoms with Gasteiger partial charge < -0.3 is 10.6 Å². The smallest absolute Gasteiger partial charge is 0.0306 e. The number of rotatable bonds is 5. The molecule has 1 atom stereocenters. The third-order valence-corrected chi connectivity index (χ3v) is 4.64. The molecule has 1 heterocycles. The molecule has 2 heteroatoms. The predicted octanol–water partition coefficient (Wildman–Crippen LogP) is 3.22. The van der Waals surface area contributed by atoms with Gasteiger partial charge in [0.2, 0.25) is 0 Å². The van der Waals surface area contributed by atoms with Crippen LogP contribution >= 0.6 is 0 Å². The highest BCUT2D eigenvalue weighted by molar-refractivity contribution is 4.95. The minimum Gasteiger partial charge on any atom is -0.312 e. The van der Waals surface area contributed by atoms with E-state index >= 15 is 0 Å². The van der Waals surface area contributed by atoms with Gasteiger partial charge in [-0.05, 0) is 38.6 Å². The van der Waals surface area contributed by atoms with E-state index in [0.29, 0.717) is 5.54 Å². The highest BCUT2D eigenvalue weighted by Gasteiger charge is 2.32. The summed E-state index contributed by atoms with van der Waals surface area (Å²) >= 11 is 0. The van der Waals surface area contributed by atoms with E-state index in [2.05, 4.69) is 17.6 Å². The molecule has 2 nitrogen and oxygen atoms in total. The second-order valence-corrected chi connectivity index (χ2v) is 6.13. The average molecular weight is 238 g/mol. The van der Waals surface area contributed by atoms with Crippen molar-refractivity contribution in [2.75, 3.05) is 13.1 Å². The molecule has 0 aromatic rings. The highest BCUT2D eigenvalue weighted by Crippen LogP contribution is 2.25. The van der Waals surface area contributed by atoms with E-state index in [-0.39, 0.29) is 0 Å². The molecule has 2 fully saturated rings. The third kappa shape index (κ3) is 3.96. The molecule has 1 aliphatic carbocycles. The summed E-state index contributed by atoms with van der Waals surface area (Å²) in [5, 5.41) is 7.63. The first kappa shape index (κ1) is 13.4. The molecule has 0 aromatic carbocycles. The number of hydrogen-bond acceptors (Lipinski definition) is 2.